The molecule has 1 aromatic heterocycles. The Balaban J connectivity index is 0.954. The smallest absolute Gasteiger partial charge is 0.0754 e. The first-order valence-corrected chi connectivity index (χ1v) is 24.4. The number of hydrogen-bond donors (Lipinski definition) is 0. The Morgan fingerprint density at radius 2 is 0.857 bits per heavy atom. The van der Waals surface area contributed by atoms with Crippen LogP contribution in [-0.4, -0.2) is 4.57 Å². The Morgan fingerprint density at radius 1 is 0.314 bits per heavy atom. The van der Waals surface area contributed by atoms with Gasteiger partial charge in [0.2, 0.25) is 0 Å². The molecule has 3 aliphatic rings. The monoisotopic (exact) mass is 888 g/mol. The van der Waals surface area contributed by atoms with Crippen LogP contribution in [0.4, 0.5) is 17.1 Å². The third-order valence-corrected chi connectivity index (χ3v) is 15.8. The van der Waals surface area contributed by atoms with Crippen LogP contribution in [0.1, 0.15) is 44.5 Å². The van der Waals surface area contributed by atoms with Crippen LogP contribution in [0.3, 0.4) is 0 Å². The number of fused-ring (bicyclic) bond motifs is 15. The van der Waals surface area contributed by atoms with Crippen molar-refractivity contribution >= 4 is 38.9 Å². The highest BCUT2D eigenvalue weighted by Crippen LogP contribution is 2.62. The highest BCUT2D eigenvalue weighted by Gasteiger charge is 2.51. The summed E-state index contributed by atoms with van der Waals surface area (Å²) in [5.41, 5.74) is 23.9. The Kier molecular flexibility index (Phi) is 8.24. The molecule has 0 amide bonds. The van der Waals surface area contributed by atoms with Crippen LogP contribution in [0, 0.1) is 0 Å². The van der Waals surface area contributed by atoms with Gasteiger partial charge in [0.15, 0.2) is 0 Å². The van der Waals surface area contributed by atoms with Crippen LogP contribution in [0.15, 0.2) is 267 Å². The fourth-order valence-corrected chi connectivity index (χ4v) is 13.2. The van der Waals surface area contributed by atoms with Crippen LogP contribution >= 0.6 is 0 Å². The Bertz CT molecular complexity index is 4030. The standard InChI is InChI=1S/C68H44N2/c1-4-22-47(23-5-1)67(48-24-6-2-7-25-48)57-34-14-11-31-55(57)65-59(67)36-20-40-64(65)69(49-26-8-3-9-27-49)50-28-18-21-45(43-50)46-41-42-52-51-29-10-13-33-56(51)68(61(52)44-46)58-35-15-17-39-63(58)70-62-38-16-12-30-53(62)54-32-19-37-60(68)66(54)70/h1-44H. The van der Waals surface area contributed by atoms with Gasteiger partial charge in [-0.2, -0.15) is 0 Å². The molecule has 1 spiro atoms. The molecule has 1 aliphatic heterocycles. The van der Waals surface area contributed by atoms with Gasteiger partial charge in [0.1, 0.15) is 0 Å². The third-order valence-electron chi connectivity index (χ3n) is 15.8. The topological polar surface area (TPSA) is 8.17 Å². The normalized spacial score (nSPS) is 15.3. The quantitative estimate of drug-likeness (QED) is 0.161. The molecule has 15 rings (SSSR count). The van der Waals surface area contributed by atoms with E-state index in [4.69, 9.17) is 0 Å². The van der Waals surface area contributed by atoms with Gasteiger partial charge in [0, 0.05) is 27.7 Å². The van der Waals surface area contributed by atoms with E-state index >= 15 is 0 Å². The number of hydrogen-bond acceptors (Lipinski definition) is 1. The van der Waals surface area contributed by atoms with Crippen molar-refractivity contribution in [3.05, 3.63) is 311 Å². The number of nitrogens with zero attached hydrogens (tertiary/aromatic N) is 2. The van der Waals surface area contributed by atoms with Crippen molar-refractivity contribution in [1.82, 2.24) is 4.57 Å². The molecule has 326 valence electrons. The summed E-state index contributed by atoms with van der Waals surface area (Å²) in [5.74, 6) is 0. The lowest BCUT2D eigenvalue weighted by Gasteiger charge is -2.39. The fourth-order valence-electron chi connectivity index (χ4n) is 13.2. The number of benzene rings is 11. The molecule has 11 aromatic carbocycles. The zero-order valence-electron chi connectivity index (χ0n) is 38.3. The Labute approximate surface area is 407 Å². The minimum Gasteiger partial charge on any atom is -0.310 e. The van der Waals surface area contributed by atoms with Gasteiger partial charge in [-0.3, -0.25) is 0 Å². The second-order valence-corrected chi connectivity index (χ2v) is 19.1. The third kappa shape index (κ3) is 5.07. The average Bonchev–Trinajstić information content (AvgIpc) is 4.05. The molecule has 0 saturated heterocycles. The number of anilines is 3. The molecule has 0 bridgehead atoms. The van der Waals surface area contributed by atoms with Crippen molar-refractivity contribution in [3.8, 4) is 39.1 Å². The van der Waals surface area contributed by atoms with Crippen molar-refractivity contribution in [2.45, 2.75) is 10.8 Å². The molecule has 2 nitrogen and oxygen atoms in total. The summed E-state index contributed by atoms with van der Waals surface area (Å²) in [5, 5.41) is 2.57. The summed E-state index contributed by atoms with van der Waals surface area (Å²) >= 11 is 0. The molecule has 1 atom stereocenters. The lowest BCUT2D eigenvalue weighted by atomic mass is 9.65. The van der Waals surface area contributed by atoms with Gasteiger partial charge < -0.3 is 9.47 Å². The molecule has 0 saturated carbocycles. The molecule has 2 heterocycles. The van der Waals surface area contributed by atoms with Gasteiger partial charge in [-0.05, 0) is 121 Å². The van der Waals surface area contributed by atoms with Crippen LogP contribution < -0.4 is 4.90 Å². The van der Waals surface area contributed by atoms with Gasteiger partial charge in [0.25, 0.3) is 0 Å². The SMILES string of the molecule is c1ccc(N(c2cccc(-c3ccc4c(c3)C3(c5ccccc5-4)c4ccccc4-n4c5ccccc5c5cccc3c54)c2)c2cccc3c2-c2ccccc2C3(c2ccccc2)c2ccccc2)cc1. The van der Waals surface area contributed by atoms with Gasteiger partial charge in [-0.1, -0.05) is 218 Å². The molecule has 2 aliphatic carbocycles. The first-order valence-electron chi connectivity index (χ1n) is 24.4. The van der Waals surface area contributed by atoms with E-state index in [1.54, 1.807) is 0 Å². The number of aromatic nitrogens is 1. The highest BCUT2D eigenvalue weighted by molar-refractivity contribution is 6.13. The van der Waals surface area contributed by atoms with E-state index in [0.29, 0.717) is 0 Å². The van der Waals surface area contributed by atoms with Gasteiger partial charge in [-0.25, -0.2) is 0 Å². The Morgan fingerprint density at radius 3 is 1.64 bits per heavy atom. The summed E-state index contributed by atoms with van der Waals surface area (Å²) in [4.78, 5) is 2.48. The lowest BCUT2D eigenvalue weighted by Crippen LogP contribution is -2.33. The first-order chi connectivity index (χ1) is 34.8. The van der Waals surface area contributed by atoms with Crippen LogP contribution in [-0.2, 0) is 10.8 Å². The van der Waals surface area contributed by atoms with Crippen LogP contribution in [0.25, 0.3) is 60.9 Å². The van der Waals surface area contributed by atoms with Crippen molar-refractivity contribution < 1.29 is 0 Å². The second kappa shape index (κ2) is 14.8. The minimum atomic E-state index is -0.530. The van der Waals surface area contributed by atoms with E-state index in [2.05, 4.69) is 276 Å². The fraction of sp³-hybridized carbons (Fsp3) is 0.0294. The van der Waals surface area contributed by atoms with E-state index < -0.39 is 10.8 Å². The summed E-state index contributed by atoms with van der Waals surface area (Å²) < 4.78 is 2.52. The Hall–Kier alpha value is -8.98. The largest absolute Gasteiger partial charge is 0.310 e. The van der Waals surface area contributed by atoms with Crippen molar-refractivity contribution in [1.29, 1.82) is 0 Å². The summed E-state index contributed by atoms with van der Waals surface area (Å²) in [6.45, 7) is 0. The molecule has 0 fully saturated rings. The minimum absolute atomic E-state index is 0.511. The maximum atomic E-state index is 2.52. The zero-order chi connectivity index (χ0) is 46.0. The van der Waals surface area contributed by atoms with Crippen LogP contribution in [0.2, 0.25) is 0 Å². The highest BCUT2D eigenvalue weighted by atomic mass is 15.1. The summed E-state index contributed by atoms with van der Waals surface area (Å²) in [6, 6.07) is 99.7. The predicted molar refractivity (Wildman–Crippen MR) is 289 cm³/mol. The molecule has 0 N–H and O–H groups in total. The molecule has 0 radical (unpaired) electrons. The van der Waals surface area contributed by atoms with Crippen LogP contribution in [0.5, 0.6) is 0 Å². The molecule has 1 unspecified atom stereocenters. The molecular formula is C68H44N2. The number of para-hydroxylation sites is 4. The van der Waals surface area contributed by atoms with Crippen molar-refractivity contribution in [3.63, 3.8) is 0 Å². The maximum absolute atomic E-state index is 2.52. The summed E-state index contributed by atoms with van der Waals surface area (Å²) in [6.07, 6.45) is 0. The van der Waals surface area contributed by atoms with E-state index in [1.807, 2.05) is 0 Å². The van der Waals surface area contributed by atoms with E-state index in [1.165, 1.54) is 105 Å². The second-order valence-electron chi connectivity index (χ2n) is 19.1. The van der Waals surface area contributed by atoms with Crippen molar-refractivity contribution in [2.75, 3.05) is 4.90 Å². The maximum Gasteiger partial charge on any atom is 0.0754 e. The molecule has 70 heavy (non-hydrogen) atoms. The molecular weight excluding hydrogens is 845 g/mol. The van der Waals surface area contributed by atoms with E-state index in [0.717, 1.165) is 17.1 Å². The molecule has 2 heteroatoms. The van der Waals surface area contributed by atoms with Gasteiger partial charge in [-0.15, -0.1) is 0 Å². The first kappa shape index (κ1) is 39.1. The summed E-state index contributed by atoms with van der Waals surface area (Å²) in [7, 11) is 0. The van der Waals surface area contributed by atoms with Gasteiger partial charge in [0.05, 0.1) is 33.2 Å². The van der Waals surface area contributed by atoms with E-state index in [9.17, 15) is 0 Å². The van der Waals surface area contributed by atoms with Gasteiger partial charge >= 0.3 is 0 Å². The number of rotatable bonds is 6. The van der Waals surface area contributed by atoms with Crippen molar-refractivity contribution in [2.24, 2.45) is 0 Å². The lowest BCUT2D eigenvalue weighted by molar-refractivity contribution is 0.749. The predicted octanol–water partition coefficient (Wildman–Crippen LogP) is 17.0. The average molecular weight is 889 g/mol. The molecule has 12 aromatic rings. The van der Waals surface area contributed by atoms with E-state index in [-0.39, 0.29) is 0 Å². The zero-order valence-corrected chi connectivity index (χ0v) is 38.3.